The van der Waals surface area contributed by atoms with Crippen molar-refractivity contribution in [1.29, 1.82) is 0 Å². The van der Waals surface area contributed by atoms with Gasteiger partial charge in [0.05, 0.1) is 29.7 Å². The Kier molecular flexibility index (Phi) is 6.03. The second kappa shape index (κ2) is 9.06. The quantitative estimate of drug-likeness (QED) is 0.404. The topological polar surface area (TPSA) is 69.0 Å². The number of esters is 1. The SMILES string of the molecule is CCc1cc(-c2cc(Nc3ccc(C)cc3C(=O)OC)n(-c3ccccc3C)n2)ccn1. The van der Waals surface area contributed by atoms with Crippen LogP contribution in [0.1, 0.15) is 34.1 Å². The van der Waals surface area contributed by atoms with Crippen molar-refractivity contribution in [2.24, 2.45) is 0 Å². The first-order valence-electron chi connectivity index (χ1n) is 10.6. The lowest BCUT2D eigenvalue weighted by Gasteiger charge is -2.14. The van der Waals surface area contributed by atoms with E-state index in [0.717, 1.165) is 46.0 Å². The highest BCUT2D eigenvalue weighted by Gasteiger charge is 2.17. The van der Waals surface area contributed by atoms with Gasteiger partial charge in [0.1, 0.15) is 5.82 Å². The first-order chi connectivity index (χ1) is 15.5. The van der Waals surface area contributed by atoms with E-state index in [2.05, 4.69) is 23.3 Å². The highest BCUT2D eigenvalue weighted by Crippen LogP contribution is 2.30. The summed E-state index contributed by atoms with van der Waals surface area (Å²) in [5.41, 5.74) is 6.98. The fourth-order valence-electron chi connectivity index (χ4n) is 3.61. The Balaban J connectivity index is 1.85. The summed E-state index contributed by atoms with van der Waals surface area (Å²) >= 11 is 0. The second-order valence-electron chi connectivity index (χ2n) is 7.67. The Bertz CT molecular complexity index is 1280. The summed E-state index contributed by atoms with van der Waals surface area (Å²) in [5, 5.41) is 8.32. The van der Waals surface area contributed by atoms with Gasteiger partial charge in [-0.25, -0.2) is 9.48 Å². The maximum atomic E-state index is 12.4. The number of rotatable bonds is 6. The normalized spacial score (nSPS) is 10.8. The van der Waals surface area contributed by atoms with Crippen LogP contribution in [0.4, 0.5) is 11.5 Å². The third kappa shape index (κ3) is 4.25. The molecule has 2 aromatic carbocycles. The van der Waals surface area contributed by atoms with E-state index in [4.69, 9.17) is 9.84 Å². The van der Waals surface area contributed by atoms with Gasteiger partial charge in [-0.3, -0.25) is 4.98 Å². The van der Waals surface area contributed by atoms with Gasteiger partial charge < -0.3 is 10.1 Å². The van der Waals surface area contributed by atoms with Gasteiger partial charge in [-0.15, -0.1) is 0 Å². The van der Waals surface area contributed by atoms with E-state index >= 15 is 0 Å². The molecule has 0 spiro atoms. The van der Waals surface area contributed by atoms with Crippen molar-refractivity contribution >= 4 is 17.5 Å². The molecule has 0 saturated carbocycles. The van der Waals surface area contributed by atoms with E-state index in [0.29, 0.717) is 11.3 Å². The number of para-hydroxylation sites is 1. The van der Waals surface area contributed by atoms with Gasteiger partial charge >= 0.3 is 5.97 Å². The molecule has 162 valence electrons. The molecule has 0 saturated heterocycles. The summed E-state index contributed by atoms with van der Waals surface area (Å²) in [6, 6.07) is 19.7. The monoisotopic (exact) mass is 426 g/mol. The van der Waals surface area contributed by atoms with E-state index in [9.17, 15) is 4.79 Å². The summed E-state index contributed by atoms with van der Waals surface area (Å²) in [6.07, 6.45) is 2.66. The number of nitrogens with one attached hydrogen (secondary N) is 1. The summed E-state index contributed by atoms with van der Waals surface area (Å²) in [5.74, 6) is 0.360. The average Bonchev–Trinajstić information content (AvgIpc) is 3.23. The van der Waals surface area contributed by atoms with Crippen molar-refractivity contribution in [1.82, 2.24) is 14.8 Å². The van der Waals surface area contributed by atoms with Gasteiger partial charge in [-0.2, -0.15) is 5.10 Å². The third-order valence-corrected chi connectivity index (χ3v) is 5.37. The van der Waals surface area contributed by atoms with Gasteiger partial charge in [0, 0.05) is 23.5 Å². The highest BCUT2D eigenvalue weighted by molar-refractivity contribution is 5.96. The number of nitrogens with zero attached hydrogens (tertiary/aromatic N) is 3. The van der Waals surface area contributed by atoms with Crippen molar-refractivity contribution in [2.75, 3.05) is 12.4 Å². The van der Waals surface area contributed by atoms with Gasteiger partial charge in [0.25, 0.3) is 0 Å². The molecule has 0 aliphatic rings. The molecule has 0 aliphatic heterocycles. The van der Waals surface area contributed by atoms with E-state index in [-0.39, 0.29) is 5.97 Å². The van der Waals surface area contributed by atoms with Crippen LogP contribution in [0, 0.1) is 13.8 Å². The minimum atomic E-state index is -0.389. The number of ether oxygens (including phenoxy) is 1. The predicted molar refractivity (Wildman–Crippen MR) is 127 cm³/mol. The molecular formula is C26H26N4O2. The fraction of sp³-hybridized carbons (Fsp3) is 0.192. The standard InChI is InChI=1S/C26H26N4O2/c1-5-20-15-19(12-13-27-20)23-16-25(30(29-23)24-9-7-6-8-18(24)3)28-22-11-10-17(2)14-21(22)26(31)32-4/h6-16,28H,5H2,1-4H3. The summed E-state index contributed by atoms with van der Waals surface area (Å²) < 4.78 is 6.87. The maximum Gasteiger partial charge on any atom is 0.339 e. The van der Waals surface area contributed by atoms with E-state index in [1.807, 2.05) is 79.3 Å². The maximum absolute atomic E-state index is 12.4. The zero-order valence-electron chi connectivity index (χ0n) is 18.7. The Morgan fingerprint density at radius 3 is 2.62 bits per heavy atom. The Morgan fingerprint density at radius 2 is 1.88 bits per heavy atom. The van der Waals surface area contributed by atoms with Gasteiger partial charge in [-0.1, -0.05) is 36.8 Å². The molecule has 2 aromatic heterocycles. The number of pyridine rings is 1. The van der Waals surface area contributed by atoms with Gasteiger partial charge in [0.2, 0.25) is 0 Å². The van der Waals surface area contributed by atoms with Crippen molar-refractivity contribution in [3.63, 3.8) is 0 Å². The fourth-order valence-corrected chi connectivity index (χ4v) is 3.61. The molecular weight excluding hydrogens is 400 g/mol. The molecule has 6 heteroatoms. The molecule has 0 unspecified atom stereocenters. The van der Waals surface area contributed by atoms with Crippen LogP contribution in [-0.2, 0) is 11.2 Å². The van der Waals surface area contributed by atoms with Gasteiger partial charge in [0.15, 0.2) is 0 Å². The number of hydrogen-bond donors (Lipinski definition) is 1. The molecule has 4 rings (SSSR count). The molecule has 0 atom stereocenters. The minimum Gasteiger partial charge on any atom is -0.465 e. The van der Waals surface area contributed by atoms with Crippen LogP contribution in [0.15, 0.2) is 66.9 Å². The van der Waals surface area contributed by atoms with Crippen LogP contribution in [0.3, 0.4) is 0 Å². The van der Waals surface area contributed by atoms with Crippen molar-refractivity contribution in [3.8, 4) is 16.9 Å². The van der Waals surface area contributed by atoms with Crippen LogP contribution in [0.25, 0.3) is 16.9 Å². The van der Waals surface area contributed by atoms with E-state index < -0.39 is 0 Å². The molecule has 0 amide bonds. The largest absolute Gasteiger partial charge is 0.465 e. The molecule has 0 aliphatic carbocycles. The van der Waals surface area contributed by atoms with Crippen molar-refractivity contribution in [3.05, 3.63) is 89.2 Å². The molecule has 0 fully saturated rings. The Labute approximate surface area is 187 Å². The lowest BCUT2D eigenvalue weighted by atomic mass is 10.1. The molecule has 2 heterocycles. The van der Waals surface area contributed by atoms with Crippen molar-refractivity contribution in [2.45, 2.75) is 27.2 Å². The highest BCUT2D eigenvalue weighted by atomic mass is 16.5. The van der Waals surface area contributed by atoms with Crippen LogP contribution >= 0.6 is 0 Å². The average molecular weight is 427 g/mol. The summed E-state index contributed by atoms with van der Waals surface area (Å²) in [7, 11) is 1.39. The molecule has 0 radical (unpaired) electrons. The van der Waals surface area contributed by atoms with Gasteiger partial charge in [-0.05, 0) is 56.2 Å². The first kappa shape index (κ1) is 21.3. The van der Waals surface area contributed by atoms with Crippen LogP contribution in [-0.4, -0.2) is 27.8 Å². The number of anilines is 2. The number of benzene rings is 2. The number of methoxy groups -OCH3 is 1. The first-order valence-corrected chi connectivity index (χ1v) is 10.6. The second-order valence-corrected chi connectivity index (χ2v) is 7.67. The number of aromatic nitrogens is 3. The number of hydrogen-bond acceptors (Lipinski definition) is 5. The van der Waals surface area contributed by atoms with Crippen LogP contribution in [0.2, 0.25) is 0 Å². The molecule has 4 aromatic rings. The molecule has 0 bridgehead atoms. The van der Waals surface area contributed by atoms with E-state index in [1.54, 1.807) is 0 Å². The lowest BCUT2D eigenvalue weighted by molar-refractivity contribution is 0.0602. The number of carbonyl (C=O) groups is 1. The minimum absolute atomic E-state index is 0.389. The number of carbonyl (C=O) groups excluding carboxylic acids is 1. The Hall–Kier alpha value is -3.93. The zero-order chi connectivity index (χ0) is 22.7. The molecule has 32 heavy (non-hydrogen) atoms. The zero-order valence-corrected chi connectivity index (χ0v) is 18.7. The third-order valence-electron chi connectivity index (χ3n) is 5.37. The smallest absolute Gasteiger partial charge is 0.339 e. The van der Waals surface area contributed by atoms with Crippen molar-refractivity contribution < 1.29 is 9.53 Å². The van der Waals surface area contributed by atoms with Crippen LogP contribution in [0.5, 0.6) is 0 Å². The predicted octanol–water partition coefficient (Wildman–Crippen LogP) is 5.64. The molecule has 6 nitrogen and oxygen atoms in total. The Morgan fingerprint density at radius 1 is 1.06 bits per heavy atom. The lowest BCUT2D eigenvalue weighted by Crippen LogP contribution is -2.09. The summed E-state index contributed by atoms with van der Waals surface area (Å²) in [4.78, 5) is 16.8. The molecule has 1 N–H and O–H groups in total. The van der Waals surface area contributed by atoms with Crippen LogP contribution < -0.4 is 5.32 Å². The van der Waals surface area contributed by atoms with E-state index in [1.165, 1.54) is 7.11 Å². The number of aryl methyl sites for hydroxylation is 3. The summed E-state index contributed by atoms with van der Waals surface area (Å²) in [6.45, 7) is 6.07.